The molecule has 1 aromatic carbocycles. The third-order valence-corrected chi connectivity index (χ3v) is 1.73. The van der Waals surface area contributed by atoms with Gasteiger partial charge < -0.3 is 4.74 Å². The second-order valence-corrected chi connectivity index (χ2v) is 2.98. The maximum absolute atomic E-state index is 5.36. The van der Waals surface area contributed by atoms with Crippen LogP contribution in [0.15, 0.2) is 67.0 Å². The second-order valence-electron chi connectivity index (χ2n) is 2.98. The maximum atomic E-state index is 5.36. The average molecular weight is 200 g/mol. The lowest BCUT2D eigenvalue weighted by atomic mass is 10.3. The molecule has 1 rings (SSSR count). The lowest BCUT2D eigenvalue weighted by Crippen LogP contribution is -1.78. The number of benzene rings is 1. The van der Waals surface area contributed by atoms with Crippen LogP contribution in [0.5, 0.6) is 5.75 Å². The molecule has 0 aliphatic carbocycles. The molecule has 0 radical (unpaired) electrons. The lowest BCUT2D eigenvalue weighted by Gasteiger charge is -1.96. The van der Waals surface area contributed by atoms with Crippen LogP contribution in [0.3, 0.4) is 0 Å². The number of para-hydroxylation sites is 1. The van der Waals surface area contributed by atoms with Crippen molar-refractivity contribution in [2.75, 3.05) is 0 Å². The van der Waals surface area contributed by atoms with Crippen molar-refractivity contribution in [1.29, 1.82) is 0 Å². The first-order valence-electron chi connectivity index (χ1n) is 5.13. The van der Waals surface area contributed by atoms with E-state index in [1.807, 2.05) is 54.6 Å². The van der Waals surface area contributed by atoms with Crippen LogP contribution < -0.4 is 4.74 Å². The van der Waals surface area contributed by atoms with Crippen molar-refractivity contribution in [3.63, 3.8) is 0 Å². The molecule has 0 spiro atoms. The Labute approximate surface area is 91.4 Å². The molecular formula is C14H16O. The molecule has 1 aromatic rings. The largest absolute Gasteiger partial charge is 0.465 e. The first kappa shape index (κ1) is 11.3. The van der Waals surface area contributed by atoms with Crippen LogP contribution in [0.2, 0.25) is 0 Å². The van der Waals surface area contributed by atoms with Gasteiger partial charge in [0.25, 0.3) is 0 Å². The third-order valence-electron chi connectivity index (χ3n) is 1.73. The SMILES string of the molecule is CCC=CC=CC=COc1ccccc1. The minimum Gasteiger partial charge on any atom is -0.465 e. The van der Waals surface area contributed by atoms with Gasteiger partial charge in [-0.3, -0.25) is 0 Å². The molecular weight excluding hydrogens is 184 g/mol. The Balaban J connectivity index is 2.28. The number of allylic oxidation sites excluding steroid dienone is 5. The summed E-state index contributed by atoms with van der Waals surface area (Å²) in [6.07, 6.45) is 12.6. The molecule has 0 aromatic heterocycles. The Morgan fingerprint density at radius 2 is 1.73 bits per heavy atom. The van der Waals surface area contributed by atoms with Crippen LogP contribution in [0.1, 0.15) is 13.3 Å². The van der Waals surface area contributed by atoms with Gasteiger partial charge in [-0.05, 0) is 24.6 Å². The molecule has 0 heterocycles. The molecule has 0 amide bonds. The zero-order valence-corrected chi connectivity index (χ0v) is 8.97. The van der Waals surface area contributed by atoms with E-state index in [1.165, 1.54) is 0 Å². The van der Waals surface area contributed by atoms with Gasteiger partial charge in [0.15, 0.2) is 0 Å². The summed E-state index contributed by atoms with van der Waals surface area (Å²) in [5.74, 6) is 0.853. The first-order valence-corrected chi connectivity index (χ1v) is 5.13. The van der Waals surface area contributed by atoms with E-state index in [2.05, 4.69) is 13.0 Å². The van der Waals surface area contributed by atoms with Crippen molar-refractivity contribution in [2.45, 2.75) is 13.3 Å². The molecule has 0 N–H and O–H groups in total. The fourth-order valence-electron chi connectivity index (χ4n) is 1.01. The summed E-state index contributed by atoms with van der Waals surface area (Å²) >= 11 is 0. The summed E-state index contributed by atoms with van der Waals surface area (Å²) in [7, 11) is 0. The Morgan fingerprint density at radius 3 is 2.47 bits per heavy atom. The molecule has 0 aliphatic heterocycles. The van der Waals surface area contributed by atoms with E-state index in [1.54, 1.807) is 6.26 Å². The van der Waals surface area contributed by atoms with Crippen LogP contribution in [0.25, 0.3) is 0 Å². The van der Waals surface area contributed by atoms with Crippen LogP contribution in [-0.2, 0) is 0 Å². The van der Waals surface area contributed by atoms with E-state index >= 15 is 0 Å². The molecule has 0 saturated carbocycles. The van der Waals surface area contributed by atoms with Crippen molar-refractivity contribution in [3.8, 4) is 5.75 Å². The smallest absolute Gasteiger partial charge is 0.126 e. The molecule has 78 valence electrons. The lowest BCUT2D eigenvalue weighted by molar-refractivity contribution is 0.481. The van der Waals surface area contributed by atoms with E-state index < -0.39 is 0 Å². The highest BCUT2D eigenvalue weighted by atomic mass is 16.5. The van der Waals surface area contributed by atoms with Crippen LogP contribution >= 0.6 is 0 Å². The predicted octanol–water partition coefficient (Wildman–Crippen LogP) is 4.10. The Bertz CT molecular complexity index is 334. The summed E-state index contributed by atoms with van der Waals surface area (Å²) in [5.41, 5.74) is 0. The highest BCUT2D eigenvalue weighted by molar-refractivity contribution is 5.22. The maximum Gasteiger partial charge on any atom is 0.126 e. The van der Waals surface area contributed by atoms with Gasteiger partial charge in [-0.2, -0.15) is 0 Å². The fraction of sp³-hybridized carbons (Fsp3) is 0.143. The Hall–Kier alpha value is -1.76. The molecule has 1 nitrogen and oxygen atoms in total. The minimum absolute atomic E-state index is 0.853. The number of hydrogen-bond acceptors (Lipinski definition) is 1. The van der Waals surface area contributed by atoms with Crippen molar-refractivity contribution >= 4 is 0 Å². The van der Waals surface area contributed by atoms with E-state index in [9.17, 15) is 0 Å². The normalized spacial score (nSPS) is 11.8. The summed E-state index contributed by atoms with van der Waals surface area (Å²) in [6.45, 7) is 2.11. The topological polar surface area (TPSA) is 9.23 Å². The van der Waals surface area contributed by atoms with Gasteiger partial charge in [-0.15, -0.1) is 0 Å². The van der Waals surface area contributed by atoms with E-state index in [0.29, 0.717) is 0 Å². The zero-order chi connectivity index (χ0) is 10.8. The van der Waals surface area contributed by atoms with Crippen molar-refractivity contribution < 1.29 is 4.74 Å². The quantitative estimate of drug-likeness (QED) is 0.513. The molecule has 0 saturated heterocycles. The number of rotatable bonds is 5. The van der Waals surface area contributed by atoms with Gasteiger partial charge in [-0.25, -0.2) is 0 Å². The van der Waals surface area contributed by atoms with Crippen molar-refractivity contribution in [2.24, 2.45) is 0 Å². The fourth-order valence-corrected chi connectivity index (χ4v) is 1.01. The highest BCUT2D eigenvalue weighted by Gasteiger charge is 1.83. The number of hydrogen-bond donors (Lipinski definition) is 0. The van der Waals surface area contributed by atoms with E-state index in [-0.39, 0.29) is 0 Å². The first-order chi connectivity index (χ1) is 7.43. The van der Waals surface area contributed by atoms with Crippen molar-refractivity contribution in [3.05, 3.63) is 67.0 Å². The molecule has 0 unspecified atom stereocenters. The summed E-state index contributed by atoms with van der Waals surface area (Å²) < 4.78 is 5.36. The van der Waals surface area contributed by atoms with Gasteiger partial charge in [0.05, 0.1) is 6.26 Å². The van der Waals surface area contributed by atoms with Gasteiger partial charge in [-0.1, -0.05) is 49.4 Å². The summed E-state index contributed by atoms with van der Waals surface area (Å²) in [4.78, 5) is 0. The van der Waals surface area contributed by atoms with Crippen LogP contribution in [-0.4, -0.2) is 0 Å². The van der Waals surface area contributed by atoms with Crippen LogP contribution in [0, 0.1) is 0 Å². The molecule has 0 bridgehead atoms. The third kappa shape index (κ3) is 5.53. The monoisotopic (exact) mass is 200 g/mol. The zero-order valence-electron chi connectivity index (χ0n) is 8.97. The van der Waals surface area contributed by atoms with Gasteiger partial charge in [0.1, 0.15) is 5.75 Å². The standard InChI is InChI=1S/C14H16O/c1-2-3-4-5-6-10-13-15-14-11-8-7-9-12-14/h3-13H,2H2,1H3. The van der Waals surface area contributed by atoms with Gasteiger partial charge in [0, 0.05) is 0 Å². The number of ether oxygens (including phenoxy) is 1. The average Bonchev–Trinajstić information content (AvgIpc) is 2.29. The summed E-state index contributed by atoms with van der Waals surface area (Å²) in [6, 6.07) is 9.70. The molecule has 0 atom stereocenters. The van der Waals surface area contributed by atoms with Crippen molar-refractivity contribution in [1.82, 2.24) is 0 Å². The van der Waals surface area contributed by atoms with Gasteiger partial charge >= 0.3 is 0 Å². The van der Waals surface area contributed by atoms with Gasteiger partial charge in [0.2, 0.25) is 0 Å². The second kappa shape index (κ2) is 7.63. The highest BCUT2D eigenvalue weighted by Crippen LogP contribution is 2.08. The molecule has 1 heteroatoms. The Morgan fingerprint density at radius 1 is 1.00 bits per heavy atom. The molecule has 0 fully saturated rings. The minimum atomic E-state index is 0.853. The molecule has 15 heavy (non-hydrogen) atoms. The summed E-state index contributed by atoms with van der Waals surface area (Å²) in [5, 5.41) is 0. The van der Waals surface area contributed by atoms with E-state index in [0.717, 1.165) is 12.2 Å². The predicted molar refractivity (Wildman–Crippen MR) is 64.8 cm³/mol. The van der Waals surface area contributed by atoms with E-state index in [4.69, 9.17) is 4.74 Å². The molecule has 0 aliphatic rings. The Kier molecular flexibility index (Phi) is 5.75. The van der Waals surface area contributed by atoms with Crippen LogP contribution in [0.4, 0.5) is 0 Å².